The molecule has 9 nitrogen and oxygen atoms in total. The number of carbonyl (C=O) groups excluding carboxylic acids is 1. The smallest absolute Gasteiger partial charge is 0.355 e. The molecule has 4 rings (SSSR count). The number of alkyl halides is 3. The number of amides is 1. The predicted molar refractivity (Wildman–Crippen MR) is 102 cm³/mol. The van der Waals surface area contributed by atoms with Crippen LogP contribution in [-0.2, 0) is 11.0 Å². The molecule has 0 bridgehead atoms. The van der Waals surface area contributed by atoms with E-state index < -0.39 is 11.9 Å². The van der Waals surface area contributed by atoms with Crippen LogP contribution in [0.15, 0.2) is 30.9 Å². The Morgan fingerprint density at radius 1 is 1.30 bits per heavy atom. The first-order valence-electron chi connectivity index (χ1n) is 9.28. The molecule has 1 aliphatic rings. The van der Waals surface area contributed by atoms with E-state index in [0.717, 1.165) is 12.4 Å². The number of rotatable bonds is 4. The van der Waals surface area contributed by atoms with Crippen molar-refractivity contribution in [2.24, 2.45) is 0 Å². The summed E-state index contributed by atoms with van der Waals surface area (Å²) < 4.78 is 40.4. The van der Waals surface area contributed by atoms with Crippen LogP contribution in [0.5, 0.6) is 0 Å². The maximum atomic E-state index is 13.0. The Kier molecular flexibility index (Phi) is 5.24. The second-order valence-electron chi connectivity index (χ2n) is 6.91. The van der Waals surface area contributed by atoms with Crippen LogP contribution in [0.1, 0.15) is 12.6 Å². The molecule has 0 aromatic carbocycles. The van der Waals surface area contributed by atoms with E-state index in [1.807, 2.05) is 4.90 Å². The number of imidazole rings is 1. The van der Waals surface area contributed by atoms with Crippen molar-refractivity contribution in [1.82, 2.24) is 35.0 Å². The molecule has 1 saturated heterocycles. The summed E-state index contributed by atoms with van der Waals surface area (Å²) in [4.78, 5) is 29.5. The van der Waals surface area contributed by atoms with Crippen molar-refractivity contribution in [2.75, 3.05) is 31.1 Å². The second kappa shape index (κ2) is 7.86. The van der Waals surface area contributed by atoms with E-state index in [2.05, 4.69) is 30.6 Å². The highest BCUT2D eigenvalue weighted by molar-refractivity contribution is 5.72. The fraction of sp³-hybridized carbons (Fsp3) is 0.389. The van der Waals surface area contributed by atoms with Crippen molar-refractivity contribution in [3.63, 3.8) is 0 Å². The SMILES string of the molecule is CC(=O)NCC1CN(c2ccnc(-c3cnc4cnc(C(F)(F)F)cn34)n2)CCN1. The van der Waals surface area contributed by atoms with Gasteiger partial charge in [0.15, 0.2) is 17.2 Å². The largest absolute Gasteiger partial charge is 0.434 e. The zero-order valence-corrected chi connectivity index (χ0v) is 16.0. The number of hydrogen-bond donors (Lipinski definition) is 2. The summed E-state index contributed by atoms with van der Waals surface area (Å²) in [6.45, 7) is 3.98. The number of fused-ring (bicyclic) bond motifs is 1. The van der Waals surface area contributed by atoms with Crippen molar-refractivity contribution in [3.8, 4) is 11.5 Å². The molecule has 3 aromatic rings. The van der Waals surface area contributed by atoms with Crippen LogP contribution in [0.25, 0.3) is 17.2 Å². The number of nitrogens with one attached hydrogen (secondary N) is 2. The molecule has 158 valence electrons. The molecule has 0 saturated carbocycles. The molecule has 4 heterocycles. The molecule has 2 N–H and O–H groups in total. The normalized spacial score (nSPS) is 17.3. The summed E-state index contributed by atoms with van der Waals surface area (Å²) in [5.41, 5.74) is -0.414. The number of nitrogens with zero attached hydrogens (tertiary/aromatic N) is 6. The summed E-state index contributed by atoms with van der Waals surface area (Å²) in [7, 11) is 0. The molecule has 0 spiro atoms. The number of carbonyl (C=O) groups is 1. The molecule has 1 atom stereocenters. The predicted octanol–water partition coefficient (Wildman–Crippen LogP) is 1.12. The minimum Gasteiger partial charge on any atom is -0.355 e. The third-order valence-electron chi connectivity index (χ3n) is 4.73. The summed E-state index contributed by atoms with van der Waals surface area (Å²) in [5, 5.41) is 6.12. The zero-order valence-electron chi connectivity index (χ0n) is 16.0. The lowest BCUT2D eigenvalue weighted by Crippen LogP contribution is -2.55. The molecule has 30 heavy (non-hydrogen) atoms. The lowest BCUT2D eigenvalue weighted by Gasteiger charge is -2.34. The maximum Gasteiger partial charge on any atom is 0.434 e. The standard InChI is InChI=1S/C18H19F3N8O/c1-11(30)24-6-12-9-28(5-4-22-12)15-2-3-23-17(27-15)13-7-26-16-8-25-14(10-29(13)16)18(19,20)21/h2-3,7-8,10,12,22H,4-6,9H2,1H3,(H,24,30). The van der Waals surface area contributed by atoms with Crippen LogP contribution in [0.4, 0.5) is 19.0 Å². The van der Waals surface area contributed by atoms with Gasteiger partial charge in [0, 0.05) is 51.5 Å². The number of hydrogen-bond acceptors (Lipinski definition) is 7. The molecule has 1 fully saturated rings. The fourth-order valence-electron chi connectivity index (χ4n) is 3.29. The Hall–Kier alpha value is -3.28. The number of aromatic nitrogens is 5. The van der Waals surface area contributed by atoms with Crippen molar-refractivity contribution in [1.29, 1.82) is 0 Å². The average molecular weight is 420 g/mol. The van der Waals surface area contributed by atoms with Gasteiger partial charge < -0.3 is 15.5 Å². The molecule has 3 aromatic heterocycles. The lowest BCUT2D eigenvalue weighted by atomic mass is 10.2. The second-order valence-corrected chi connectivity index (χ2v) is 6.91. The summed E-state index contributed by atoms with van der Waals surface area (Å²) in [6, 6.07) is 1.80. The van der Waals surface area contributed by atoms with Crippen LogP contribution >= 0.6 is 0 Å². The Balaban J connectivity index is 1.61. The van der Waals surface area contributed by atoms with Gasteiger partial charge in [-0.1, -0.05) is 0 Å². The Morgan fingerprint density at radius 3 is 2.90 bits per heavy atom. The molecule has 1 unspecified atom stereocenters. The van der Waals surface area contributed by atoms with Gasteiger partial charge >= 0.3 is 6.18 Å². The molecule has 1 amide bonds. The van der Waals surface area contributed by atoms with Gasteiger partial charge in [0.1, 0.15) is 11.5 Å². The molecular weight excluding hydrogens is 401 g/mol. The van der Waals surface area contributed by atoms with Gasteiger partial charge in [0.25, 0.3) is 0 Å². The number of halogens is 3. The van der Waals surface area contributed by atoms with E-state index in [-0.39, 0.29) is 23.4 Å². The van der Waals surface area contributed by atoms with E-state index >= 15 is 0 Å². The fourth-order valence-corrected chi connectivity index (χ4v) is 3.29. The number of piperazine rings is 1. The minimum atomic E-state index is -4.57. The lowest BCUT2D eigenvalue weighted by molar-refractivity contribution is -0.141. The van der Waals surface area contributed by atoms with Crippen molar-refractivity contribution < 1.29 is 18.0 Å². The molecular formula is C18H19F3N8O. The van der Waals surface area contributed by atoms with Crippen LogP contribution < -0.4 is 15.5 Å². The Morgan fingerprint density at radius 2 is 2.13 bits per heavy atom. The van der Waals surface area contributed by atoms with Crippen molar-refractivity contribution in [2.45, 2.75) is 19.1 Å². The third-order valence-corrected chi connectivity index (χ3v) is 4.73. The van der Waals surface area contributed by atoms with Crippen molar-refractivity contribution >= 4 is 17.4 Å². The highest BCUT2D eigenvalue weighted by Gasteiger charge is 2.33. The Bertz CT molecular complexity index is 1070. The van der Waals surface area contributed by atoms with E-state index in [9.17, 15) is 18.0 Å². The molecule has 0 radical (unpaired) electrons. The summed E-state index contributed by atoms with van der Waals surface area (Å²) in [6.07, 6.45) is 0.380. The van der Waals surface area contributed by atoms with Gasteiger partial charge in [0.2, 0.25) is 5.91 Å². The topological polar surface area (TPSA) is 100 Å². The Labute approximate surface area is 169 Å². The van der Waals surface area contributed by atoms with Gasteiger partial charge in [0.05, 0.1) is 12.4 Å². The molecule has 0 aliphatic carbocycles. The summed E-state index contributed by atoms with van der Waals surface area (Å²) in [5.74, 6) is 0.809. The highest BCUT2D eigenvalue weighted by Crippen LogP contribution is 2.28. The minimum absolute atomic E-state index is 0.0530. The van der Waals surface area contributed by atoms with E-state index in [4.69, 9.17) is 0 Å². The average Bonchev–Trinajstić information content (AvgIpc) is 3.15. The molecule has 12 heteroatoms. The van der Waals surface area contributed by atoms with Gasteiger partial charge in [-0.25, -0.2) is 19.9 Å². The van der Waals surface area contributed by atoms with E-state index in [1.165, 1.54) is 17.5 Å². The molecule has 1 aliphatic heterocycles. The zero-order chi connectivity index (χ0) is 21.3. The third kappa shape index (κ3) is 4.17. The van der Waals surface area contributed by atoms with Crippen LogP contribution in [0, 0.1) is 0 Å². The van der Waals surface area contributed by atoms with Crippen LogP contribution in [-0.4, -0.2) is 62.5 Å². The van der Waals surface area contributed by atoms with Crippen molar-refractivity contribution in [3.05, 3.63) is 36.5 Å². The highest BCUT2D eigenvalue weighted by atomic mass is 19.4. The summed E-state index contributed by atoms with van der Waals surface area (Å²) >= 11 is 0. The van der Waals surface area contributed by atoms with Gasteiger partial charge in [-0.05, 0) is 6.07 Å². The van der Waals surface area contributed by atoms with Gasteiger partial charge in [-0.3, -0.25) is 9.20 Å². The van der Waals surface area contributed by atoms with Gasteiger partial charge in [-0.15, -0.1) is 0 Å². The van der Waals surface area contributed by atoms with Crippen LogP contribution in [0.3, 0.4) is 0 Å². The monoisotopic (exact) mass is 420 g/mol. The first-order valence-corrected chi connectivity index (χ1v) is 9.28. The maximum absolute atomic E-state index is 13.0. The first-order chi connectivity index (χ1) is 14.3. The van der Waals surface area contributed by atoms with E-state index in [0.29, 0.717) is 37.7 Å². The van der Waals surface area contributed by atoms with Gasteiger partial charge in [-0.2, -0.15) is 13.2 Å². The quantitative estimate of drug-likeness (QED) is 0.652. The first kappa shape index (κ1) is 20.0. The van der Waals surface area contributed by atoms with Crippen LogP contribution in [0.2, 0.25) is 0 Å². The number of anilines is 1. The van der Waals surface area contributed by atoms with E-state index in [1.54, 1.807) is 12.3 Å².